The Balaban J connectivity index is 1.85. The zero-order chi connectivity index (χ0) is 17.1. The van der Waals surface area contributed by atoms with Gasteiger partial charge < -0.3 is 24.6 Å². The third kappa shape index (κ3) is 3.27. The fourth-order valence-electron chi connectivity index (χ4n) is 2.85. The highest BCUT2D eigenvalue weighted by Crippen LogP contribution is 2.35. The number of aliphatic hydroxyl groups is 1. The maximum absolute atomic E-state index is 10.2. The van der Waals surface area contributed by atoms with E-state index in [-0.39, 0.29) is 18.5 Å². The summed E-state index contributed by atoms with van der Waals surface area (Å²) in [5.74, 6) is 1.44. The minimum Gasteiger partial charge on any atom is -0.507 e. The Labute approximate surface area is 140 Å². The van der Waals surface area contributed by atoms with Gasteiger partial charge in [-0.2, -0.15) is 0 Å². The van der Waals surface area contributed by atoms with E-state index >= 15 is 0 Å². The highest BCUT2D eigenvalue weighted by molar-refractivity contribution is 5.72. The van der Waals surface area contributed by atoms with E-state index in [1.165, 1.54) is 0 Å². The molecule has 0 saturated carbocycles. The molecule has 1 aromatic carbocycles. The van der Waals surface area contributed by atoms with Gasteiger partial charge in [0.25, 0.3) is 0 Å². The first-order chi connectivity index (χ1) is 11.6. The molecule has 1 aromatic heterocycles. The van der Waals surface area contributed by atoms with Crippen molar-refractivity contribution in [2.75, 3.05) is 38.3 Å². The number of methoxy groups -OCH3 is 1. The first-order valence-corrected chi connectivity index (χ1v) is 7.81. The number of phenolic OH excluding ortho intramolecular Hbond substituents is 1. The molecule has 0 amide bonds. The van der Waals surface area contributed by atoms with Gasteiger partial charge in [0.2, 0.25) is 0 Å². The van der Waals surface area contributed by atoms with Gasteiger partial charge in [0.05, 0.1) is 32.1 Å². The maximum atomic E-state index is 10.2. The number of hydrogen-bond acceptors (Lipinski definition) is 7. The van der Waals surface area contributed by atoms with E-state index < -0.39 is 0 Å². The molecule has 0 aliphatic carbocycles. The molecule has 0 unspecified atom stereocenters. The molecule has 2 N–H and O–H groups in total. The minimum atomic E-state index is -0.201. The van der Waals surface area contributed by atoms with E-state index in [0.29, 0.717) is 36.7 Å². The molecule has 1 aliphatic rings. The molecular weight excluding hydrogens is 310 g/mol. The van der Waals surface area contributed by atoms with E-state index in [1.807, 2.05) is 30.0 Å². The predicted octanol–water partition coefficient (Wildman–Crippen LogP) is 1.36. The minimum absolute atomic E-state index is 0.0130. The largest absolute Gasteiger partial charge is 0.507 e. The molecule has 1 saturated heterocycles. The molecule has 2 aromatic rings. The average molecular weight is 331 g/mol. The Kier molecular flexibility index (Phi) is 4.82. The lowest BCUT2D eigenvalue weighted by atomic mass is 10.0. The molecular formula is C17H21N3O4. The van der Waals surface area contributed by atoms with Crippen LogP contribution in [0.5, 0.6) is 11.5 Å². The normalized spacial score (nSPS) is 17.8. The van der Waals surface area contributed by atoms with Crippen molar-refractivity contribution in [3.8, 4) is 22.8 Å². The second kappa shape index (κ2) is 7.02. The van der Waals surface area contributed by atoms with Crippen LogP contribution < -0.4 is 9.64 Å². The lowest BCUT2D eigenvalue weighted by Crippen LogP contribution is -2.44. The number of hydrogen-bond donors (Lipinski definition) is 2. The van der Waals surface area contributed by atoms with Gasteiger partial charge in [-0.3, -0.25) is 0 Å². The van der Waals surface area contributed by atoms with Crippen LogP contribution in [0.2, 0.25) is 0 Å². The number of morpholine rings is 1. The number of rotatable bonds is 4. The number of nitrogens with zero attached hydrogens (tertiary/aromatic N) is 3. The van der Waals surface area contributed by atoms with Crippen molar-refractivity contribution in [1.82, 2.24) is 10.2 Å². The standard InChI is InChI=1S/C17H21N3O4/c1-11-7-12(23-2)8-15(22)17(11)14-3-4-16(19-18-14)20-5-6-24-13(9-20)10-21/h3-4,7-8,13,21-22H,5-6,9-10H2,1-2H3/t13-/m0/s1. The molecule has 0 radical (unpaired) electrons. The molecule has 0 bridgehead atoms. The topological polar surface area (TPSA) is 87.9 Å². The van der Waals surface area contributed by atoms with Crippen molar-refractivity contribution in [2.24, 2.45) is 0 Å². The quantitative estimate of drug-likeness (QED) is 0.874. The fourth-order valence-corrected chi connectivity index (χ4v) is 2.85. The van der Waals surface area contributed by atoms with Crippen LogP contribution in [0.1, 0.15) is 5.56 Å². The second-order valence-corrected chi connectivity index (χ2v) is 5.74. The van der Waals surface area contributed by atoms with Crippen molar-refractivity contribution < 1.29 is 19.7 Å². The van der Waals surface area contributed by atoms with Crippen LogP contribution in [0.3, 0.4) is 0 Å². The van der Waals surface area contributed by atoms with Crippen molar-refractivity contribution >= 4 is 5.82 Å². The smallest absolute Gasteiger partial charge is 0.151 e. The number of aryl methyl sites for hydroxylation is 1. The van der Waals surface area contributed by atoms with Gasteiger partial charge in [-0.1, -0.05) is 0 Å². The molecule has 7 heteroatoms. The summed E-state index contributed by atoms with van der Waals surface area (Å²) in [7, 11) is 1.56. The second-order valence-electron chi connectivity index (χ2n) is 5.74. The number of aromatic nitrogens is 2. The maximum Gasteiger partial charge on any atom is 0.151 e. The summed E-state index contributed by atoms with van der Waals surface area (Å²) >= 11 is 0. The monoisotopic (exact) mass is 331 g/mol. The predicted molar refractivity (Wildman–Crippen MR) is 89.5 cm³/mol. The van der Waals surface area contributed by atoms with Crippen LogP contribution in [0.25, 0.3) is 11.3 Å². The summed E-state index contributed by atoms with van der Waals surface area (Å²) in [5, 5.41) is 28.0. The number of benzene rings is 1. The van der Waals surface area contributed by atoms with Crippen LogP contribution in [-0.2, 0) is 4.74 Å². The van der Waals surface area contributed by atoms with Crippen molar-refractivity contribution in [1.29, 1.82) is 0 Å². The van der Waals surface area contributed by atoms with Gasteiger partial charge in [-0.15, -0.1) is 10.2 Å². The van der Waals surface area contributed by atoms with Gasteiger partial charge in [0.1, 0.15) is 11.5 Å². The first-order valence-electron chi connectivity index (χ1n) is 7.81. The average Bonchev–Trinajstić information content (AvgIpc) is 2.61. The molecule has 7 nitrogen and oxygen atoms in total. The van der Waals surface area contributed by atoms with E-state index in [9.17, 15) is 10.2 Å². The molecule has 1 atom stereocenters. The third-order valence-corrected chi connectivity index (χ3v) is 4.10. The molecule has 1 aliphatic heterocycles. The number of ether oxygens (including phenoxy) is 2. The highest BCUT2D eigenvalue weighted by Gasteiger charge is 2.21. The Morgan fingerprint density at radius 1 is 1.33 bits per heavy atom. The van der Waals surface area contributed by atoms with Crippen molar-refractivity contribution in [2.45, 2.75) is 13.0 Å². The molecule has 3 rings (SSSR count). The number of phenols is 1. The van der Waals surface area contributed by atoms with Crippen LogP contribution in [0.15, 0.2) is 24.3 Å². The number of aliphatic hydroxyl groups excluding tert-OH is 1. The van der Waals surface area contributed by atoms with Crippen LogP contribution in [0.4, 0.5) is 5.82 Å². The van der Waals surface area contributed by atoms with Crippen molar-refractivity contribution in [3.05, 3.63) is 29.8 Å². The summed E-state index contributed by atoms with van der Waals surface area (Å²) in [5.41, 5.74) is 2.11. The van der Waals surface area contributed by atoms with Gasteiger partial charge in [0.15, 0.2) is 5.82 Å². The lowest BCUT2D eigenvalue weighted by molar-refractivity contribution is 0.00332. The SMILES string of the molecule is COc1cc(C)c(-c2ccc(N3CCO[C@H](CO)C3)nn2)c(O)c1. The summed E-state index contributed by atoms with van der Waals surface area (Å²) in [6.07, 6.45) is -0.201. The van der Waals surface area contributed by atoms with Gasteiger partial charge in [-0.25, -0.2) is 0 Å². The molecule has 1 fully saturated rings. The summed E-state index contributed by atoms with van der Waals surface area (Å²) < 4.78 is 10.6. The third-order valence-electron chi connectivity index (χ3n) is 4.10. The molecule has 2 heterocycles. The van der Waals surface area contributed by atoms with Crippen LogP contribution in [-0.4, -0.2) is 59.9 Å². The zero-order valence-electron chi connectivity index (χ0n) is 13.8. The summed E-state index contributed by atoms with van der Waals surface area (Å²) in [4.78, 5) is 2.03. The van der Waals surface area contributed by atoms with Gasteiger partial charge >= 0.3 is 0 Å². The number of aromatic hydroxyl groups is 1. The summed E-state index contributed by atoms with van der Waals surface area (Å²) in [6, 6.07) is 7.11. The van der Waals surface area contributed by atoms with E-state index in [2.05, 4.69) is 10.2 Å². The zero-order valence-corrected chi connectivity index (χ0v) is 13.8. The Bertz CT molecular complexity index is 682. The summed E-state index contributed by atoms with van der Waals surface area (Å²) in [6.45, 7) is 3.71. The van der Waals surface area contributed by atoms with E-state index in [1.54, 1.807) is 13.2 Å². The van der Waals surface area contributed by atoms with E-state index in [4.69, 9.17) is 9.47 Å². The lowest BCUT2D eigenvalue weighted by Gasteiger charge is -2.32. The Hall–Kier alpha value is -2.38. The van der Waals surface area contributed by atoms with Gasteiger partial charge in [-0.05, 0) is 30.7 Å². The Morgan fingerprint density at radius 3 is 2.79 bits per heavy atom. The first kappa shape index (κ1) is 16.5. The number of anilines is 1. The molecule has 0 spiro atoms. The fraction of sp³-hybridized carbons (Fsp3) is 0.412. The van der Waals surface area contributed by atoms with Crippen molar-refractivity contribution in [3.63, 3.8) is 0 Å². The van der Waals surface area contributed by atoms with Crippen LogP contribution in [0, 0.1) is 6.92 Å². The molecule has 24 heavy (non-hydrogen) atoms. The highest BCUT2D eigenvalue weighted by atomic mass is 16.5. The van der Waals surface area contributed by atoms with E-state index in [0.717, 1.165) is 11.4 Å². The molecule has 128 valence electrons. The Morgan fingerprint density at radius 2 is 2.17 bits per heavy atom. The van der Waals surface area contributed by atoms with Gasteiger partial charge in [0, 0.05) is 24.7 Å². The van der Waals surface area contributed by atoms with Crippen LogP contribution >= 0.6 is 0 Å².